The average molecular weight is 331 g/mol. The van der Waals surface area contributed by atoms with Crippen LogP contribution in [0.25, 0.3) is 22.7 Å². The number of likely N-dealkylation sites (N-methyl/N-ethyl adjacent to an activating group) is 1. The van der Waals surface area contributed by atoms with Gasteiger partial charge in [-0.05, 0) is 68.8 Å². The van der Waals surface area contributed by atoms with Gasteiger partial charge in [0.05, 0.1) is 5.52 Å². The summed E-state index contributed by atoms with van der Waals surface area (Å²) in [5.74, 6) is 0. The van der Waals surface area contributed by atoms with Gasteiger partial charge in [-0.25, -0.2) is 0 Å². The molecular formula is C22H25N3. The molecule has 1 aliphatic heterocycles. The summed E-state index contributed by atoms with van der Waals surface area (Å²) in [6, 6.07) is 11.5. The summed E-state index contributed by atoms with van der Waals surface area (Å²) in [7, 11) is 2.23. The summed E-state index contributed by atoms with van der Waals surface area (Å²) in [6.07, 6.45) is 7.09. The minimum atomic E-state index is 0.561. The van der Waals surface area contributed by atoms with Crippen molar-refractivity contribution in [2.75, 3.05) is 7.05 Å². The van der Waals surface area contributed by atoms with Gasteiger partial charge in [0.1, 0.15) is 0 Å². The molecule has 4 rings (SSSR count). The Kier molecular flexibility index (Phi) is 3.97. The number of hydrogen-bond acceptors (Lipinski definition) is 2. The van der Waals surface area contributed by atoms with E-state index in [4.69, 9.17) is 0 Å². The highest BCUT2D eigenvalue weighted by Gasteiger charge is 2.26. The molecule has 128 valence electrons. The molecule has 0 amide bonds. The van der Waals surface area contributed by atoms with Gasteiger partial charge >= 0.3 is 0 Å². The molecule has 1 aliphatic rings. The highest BCUT2D eigenvalue weighted by molar-refractivity contribution is 5.90. The molecule has 2 aromatic heterocycles. The first kappa shape index (κ1) is 16.1. The molecule has 1 aromatic carbocycles. The Morgan fingerprint density at radius 1 is 1.20 bits per heavy atom. The number of fused-ring (bicyclic) bond motifs is 3. The number of rotatable bonds is 2. The summed E-state index contributed by atoms with van der Waals surface area (Å²) in [5, 5.41) is 1.40. The molecule has 3 heteroatoms. The molecule has 0 radical (unpaired) electrons. The van der Waals surface area contributed by atoms with Crippen LogP contribution >= 0.6 is 0 Å². The standard InChI is InChI=1S/C22H25N3/c1-15-5-6-21-19(11-15)20-14-24(4)17(3)12-22(20)25(21)13-16(2)18-7-9-23-10-8-18/h5-11,13,17H,12,14H2,1-4H3/b16-13+. The maximum Gasteiger partial charge on any atom is 0.0529 e. The highest BCUT2D eigenvalue weighted by Crippen LogP contribution is 2.34. The second-order valence-electron chi connectivity index (χ2n) is 7.33. The van der Waals surface area contributed by atoms with Gasteiger partial charge in [-0.15, -0.1) is 0 Å². The van der Waals surface area contributed by atoms with Crippen LogP contribution < -0.4 is 0 Å². The van der Waals surface area contributed by atoms with E-state index in [1.165, 1.54) is 38.9 Å². The van der Waals surface area contributed by atoms with E-state index in [9.17, 15) is 0 Å². The van der Waals surface area contributed by atoms with Gasteiger partial charge in [-0.1, -0.05) is 11.6 Å². The van der Waals surface area contributed by atoms with Gasteiger partial charge < -0.3 is 4.57 Å². The predicted octanol–water partition coefficient (Wildman–Crippen LogP) is 4.74. The normalized spacial score (nSPS) is 18.6. The second kappa shape index (κ2) is 6.16. The smallest absolute Gasteiger partial charge is 0.0529 e. The van der Waals surface area contributed by atoms with E-state index in [1.807, 2.05) is 12.4 Å². The zero-order valence-electron chi connectivity index (χ0n) is 15.5. The number of nitrogens with zero attached hydrogens (tertiary/aromatic N) is 3. The third-order valence-electron chi connectivity index (χ3n) is 5.48. The van der Waals surface area contributed by atoms with Crippen molar-refractivity contribution in [3.8, 4) is 0 Å². The van der Waals surface area contributed by atoms with Crippen LogP contribution in [0.15, 0.2) is 42.7 Å². The maximum absolute atomic E-state index is 4.13. The van der Waals surface area contributed by atoms with Crippen molar-refractivity contribution in [1.29, 1.82) is 0 Å². The third kappa shape index (κ3) is 2.79. The first-order valence-corrected chi connectivity index (χ1v) is 8.96. The minimum Gasteiger partial charge on any atom is -0.320 e. The van der Waals surface area contributed by atoms with Crippen LogP contribution in [-0.4, -0.2) is 27.5 Å². The first-order chi connectivity index (χ1) is 12.0. The lowest BCUT2D eigenvalue weighted by Gasteiger charge is -2.30. The van der Waals surface area contributed by atoms with Crippen LogP contribution in [0.3, 0.4) is 0 Å². The Labute approximate surface area is 149 Å². The Morgan fingerprint density at radius 3 is 2.72 bits per heavy atom. The van der Waals surface area contributed by atoms with E-state index in [1.54, 1.807) is 0 Å². The maximum atomic E-state index is 4.13. The summed E-state index contributed by atoms with van der Waals surface area (Å²) in [5.41, 5.74) is 8.06. The van der Waals surface area contributed by atoms with Gasteiger partial charge in [0, 0.05) is 48.7 Å². The molecule has 3 aromatic rings. The lowest BCUT2D eigenvalue weighted by atomic mass is 9.99. The minimum absolute atomic E-state index is 0.561. The van der Waals surface area contributed by atoms with Crippen molar-refractivity contribution in [1.82, 2.24) is 14.5 Å². The van der Waals surface area contributed by atoms with Gasteiger partial charge in [0.25, 0.3) is 0 Å². The Bertz CT molecular complexity index is 950. The van der Waals surface area contributed by atoms with Crippen LogP contribution in [0.1, 0.15) is 36.2 Å². The number of aromatic nitrogens is 2. The van der Waals surface area contributed by atoms with E-state index in [-0.39, 0.29) is 0 Å². The first-order valence-electron chi connectivity index (χ1n) is 8.96. The Morgan fingerprint density at radius 2 is 1.96 bits per heavy atom. The number of aryl methyl sites for hydroxylation is 1. The van der Waals surface area contributed by atoms with Crippen molar-refractivity contribution >= 4 is 22.7 Å². The number of pyridine rings is 1. The molecular weight excluding hydrogens is 306 g/mol. The molecule has 0 aliphatic carbocycles. The largest absolute Gasteiger partial charge is 0.320 e. The van der Waals surface area contributed by atoms with Crippen molar-refractivity contribution < 1.29 is 0 Å². The molecule has 0 bridgehead atoms. The van der Waals surface area contributed by atoms with Gasteiger partial charge in [0.15, 0.2) is 0 Å². The van der Waals surface area contributed by atoms with Crippen LogP contribution in [-0.2, 0) is 13.0 Å². The summed E-state index contributed by atoms with van der Waals surface area (Å²) < 4.78 is 2.42. The quantitative estimate of drug-likeness (QED) is 0.676. The van der Waals surface area contributed by atoms with Crippen molar-refractivity contribution in [2.24, 2.45) is 0 Å². The molecule has 0 N–H and O–H groups in total. The average Bonchev–Trinajstić information content (AvgIpc) is 2.89. The van der Waals surface area contributed by atoms with E-state index < -0.39 is 0 Å². The summed E-state index contributed by atoms with van der Waals surface area (Å²) in [4.78, 5) is 6.59. The van der Waals surface area contributed by atoms with E-state index in [2.05, 4.69) is 78.8 Å². The molecule has 1 atom stereocenters. The van der Waals surface area contributed by atoms with Crippen LogP contribution in [0, 0.1) is 6.92 Å². The zero-order valence-corrected chi connectivity index (χ0v) is 15.5. The molecule has 3 nitrogen and oxygen atoms in total. The lowest BCUT2D eigenvalue weighted by Crippen LogP contribution is -2.35. The van der Waals surface area contributed by atoms with Gasteiger partial charge in [-0.2, -0.15) is 0 Å². The lowest BCUT2D eigenvalue weighted by molar-refractivity contribution is 0.230. The fourth-order valence-electron chi connectivity index (χ4n) is 3.82. The molecule has 0 fully saturated rings. The van der Waals surface area contributed by atoms with Crippen molar-refractivity contribution in [3.63, 3.8) is 0 Å². The molecule has 25 heavy (non-hydrogen) atoms. The van der Waals surface area contributed by atoms with Crippen molar-refractivity contribution in [3.05, 3.63) is 65.1 Å². The second-order valence-corrected chi connectivity index (χ2v) is 7.33. The monoisotopic (exact) mass is 331 g/mol. The van der Waals surface area contributed by atoms with Crippen molar-refractivity contribution in [2.45, 2.75) is 39.8 Å². The van der Waals surface area contributed by atoms with Crippen LogP contribution in [0.5, 0.6) is 0 Å². The molecule has 1 unspecified atom stereocenters. The number of benzene rings is 1. The van der Waals surface area contributed by atoms with Crippen LogP contribution in [0.2, 0.25) is 0 Å². The van der Waals surface area contributed by atoms with E-state index in [0.29, 0.717) is 6.04 Å². The molecule has 0 saturated carbocycles. The summed E-state index contributed by atoms with van der Waals surface area (Å²) in [6.45, 7) is 7.69. The highest BCUT2D eigenvalue weighted by atomic mass is 15.1. The van der Waals surface area contributed by atoms with Gasteiger partial charge in [0.2, 0.25) is 0 Å². The molecule has 3 heterocycles. The third-order valence-corrected chi connectivity index (χ3v) is 5.48. The fraction of sp³-hybridized carbons (Fsp3) is 0.318. The van der Waals surface area contributed by atoms with E-state index in [0.717, 1.165) is 13.0 Å². The summed E-state index contributed by atoms with van der Waals surface area (Å²) >= 11 is 0. The molecule has 0 spiro atoms. The van der Waals surface area contributed by atoms with E-state index >= 15 is 0 Å². The molecule has 0 saturated heterocycles. The topological polar surface area (TPSA) is 21.1 Å². The fourth-order valence-corrected chi connectivity index (χ4v) is 3.82. The number of allylic oxidation sites excluding steroid dienone is 1. The predicted molar refractivity (Wildman–Crippen MR) is 105 cm³/mol. The Balaban J connectivity index is 1.93. The SMILES string of the molecule is C/C(=C\n1c2c(c3cc(C)ccc31)CN(C)C(C)C2)c1ccncc1. The van der Waals surface area contributed by atoms with Crippen LogP contribution in [0.4, 0.5) is 0 Å². The Hall–Kier alpha value is -2.39. The zero-order chi connectivity index (χ0) is 17.6. The van der Waals surface area contributed by atoms with Gasteiger partial charge in [-0.3, -0.25) is 9.88 Å². The number of hydrogen-bond donors (Lipinski definition) is 0.